The summed E-state index contributed by atoms with van der Waals surface area (Å²) in [7, 11) is 4.64. The van der Waals surface area contributed by atoms with Crippen LogP contribution in [0.25, 0.3) is 10.8 Å². The first-order valence-electron chi connectivity index (χ1n) is 7.08. The minimum atomic E-state index is -0.272. The van der Waals surface area contributed by atoms with E-state index in [0.717, 1.165) is 33.6 Å². The van der Waals surface area contributed by atoms with Gasteiger partial charge in [0.1, 0.15) is 23.4 Å². The van der Waals surface area contributed by atoms with Gasteiger partial charge in [0.2, 0.25) is 0 Å². The highest BCUT2D eigenvalue weighted by atomic mass is 16.5. The fourth-order valence-electron chi connectivity index (χ4n) is 2.90. The molecule has 22 heavy (non-hydrogen) atoms. The summed E-state index contributed by atoms with van der Waals surface area (Å²) in [4.78, 5) is 11.5. The topological polar surface area (TPSA) is 54.0 Å². The summed E-state index contributed by atoms with van der Waals surface area (Å²) >= 11 is 0. The van der Waals surface area contributed by atoms with E-state index in [4.69, 9.17) is 18.9 Å². The second-order valence-corrected chi connectivity index (χ2v) is 5.17. The van der Waals surface area contributed by atoms with Crippen LogP contribution < -0.4 is 14.2 Å². The molecule has 0 saturated carbocycles. The molecule has 1 unspecified atom stereocenters. The lowest BCUT2D eigenvalue weighted by molar-refractivity contribution is -0.142. The third kappa shape index (κ3) is 2.32. The second-order valence-electron chi connectivity index (χ2n) is 5.17. The van der Waals surface area contributed by atoms with Crippen molar-refractivity contribution < 1.29 is 23.7 Å². The van der Waals surface area contributed by atoms with Gasteiger partial charge in [0.15, 0.2) is 0 Å². The molecule has 1 aliphatic heterocycles. The zero-order chi connectivity index (χ0) is 15.7. The van der Waals surface area contributed by atoms with E-state index in [1.54, 1.807) is 14.2 Å². The average Bonchev–Trinajstić information content (AvgIpc) is 2.95. The zero-order valence-corrected chi connectivity index (χ0v) is 12.8. The van der Waals surface area contributed by atoms with Gasteiger partial charge in [-0.3, -0.25) is 4.79 Å². The van der Waals surface area contributed by atoms with Crippen LogP contribution in [0.1, 0.15) is 12.0 Å². The lowest BCUT2D eigenvalue weighted by Crippen LogP contribution is -2.18. The first-order valence-corrected chi connectivity index (χ1v) is 7.08. The maximum Gasteiger partial charge on any atom is 0.309 e. The number of ether oxygens (including phenoxy) is 4. The van der Waals surface area contributed by atoms with Gasteiger partial charge in [-0.2, -0.15) is 0 Å². The molecule has 0 saturated heterocycles. The van der Waals surface area contributed by atoms with Crippen LogP contribution >= 0.6 is 0 Å². The summed E-state index contributed by atoms with van der Waals surface area (Å²) < 4.78 is 21.6. The molecule has 5 heteroatoms. The summed E-state index contributed by atoms with van der Waals surface area (Å²) in [6.45, 7) is 0. The largest absolute Gasteiger partial charge is 0.496 e. The van der Waals surface area contributed by atoms with E-state index in [0.29, 0.717) is 6.42 Å². The Labute approximate surface area is 128 Å². The number of fused-ring (bicyclic) bond motifs is 3. The number of carbonyl (C=O) groups is 1. The highest BCUT2D eigenvalue weighted by molar-refractivity contribution is 5.99. The van der Waals surface area contributed by atoms with Crippen LogP contribution in [0, 0.1) is 0 Å². The average molecular weight is 302 g/mol. The third-order valence-corrected chi connectivity index (χ3v) is 3.91. The van der Waals surface area contributed by atoms with Crippen molar-refractivity contribution >= 4 is 16.7 Å². The molecule has 0 bridgehead atoms. The monoisotopic (exact) mass is 302 g/mol. The molecule has 5 nitrogen and oxygen atoms in total. The van der Waals surface area contributed by atoms with Gasteiger partial charge in [-0.15, -0.1) is 0 Å². The highest BCUT2D eigenvalue weighted by Gasteiger charge is 2.29. The Balaban J connectivity index is 2.08. The second kappa shape index (κ2) is 5.75. The maximum absolute atomic E-state index is 11.5. The van der Waals surface area contributed by atoms with Crippen LogP contribution in [0.4, 0.5) is 0 Å². The number of methoxy groups -OCH3 is 3. The summed E-state index contributed by atoms with van der Waals surface area (Å²) in [5.41, 5.74) is 1.03. The predicted octanol–water partition coefficient (Wildman–Crippen LogP) is 2.72. The van der Waals surface area contributed by atoms with Crippen molar-refractivity contribution in [3.05, 3.63) is 29.8 Å². The lowest BCUT2D eigenvalue weighted by Gasteiger charge is -2.13. The van der Waals surface area contributed by atoms with E-state index in [1.165, 1.54) is 7.11 Å². The number of hydrogen-bond acceptors (Lipinski definition) is 5. The molecule has 0 spiro atoms. The van der Waals surface area contributed by atoms with Gasteiger partial charge in [0.25, 0.3) is 0 Å². The van der Waals surface area contributed by atoms with E-state index < -0.39 is 0 Å². The summed E-state index contributed by atoms with van der Waals surface area (Å²) in [6, 6.07) is 7.73. The molecule has 0 fully saturated rings. The van der Waals surface area contributed by atoms with Crippen LogP contribution in [-0.2, 0) is 16.0 Å². The normalized spacial score (nSPS) is 16.0. The van der Waals surface area contributed by atoms with Gasteiger partial charge in [-0.1, -0.05) is 12.1 Å². The summed E-state index contributed by atoms with van der Waals surface area (Å²) in [6.07, 6.45) is 0.691. The zero-order valence-electron chi connectivity index (χ0n) is 12.8. The Bertz CT molecular complexity index is 723. The molecule has 1 atom stereocenters. The molecule has 0 radical (unpaired) electrons. The standard InChI is InChI=1S/C17H18O5/c1-19-13-6-4-5-12-16(13)14(20-2)8-10-7-11(22-17(10)12)9-15(18)21-3/h4-6,8,11H,7,9H2,1-3H3. The van der Waals surface area contributed by atoms with Crippen LogP contribution in [0.5, 0.6) is 17.2 Å². The number of rotatable bonds is 4. The van der Waals surface area contributed by atoms with Gasteiger partial charge < -0.3 is 18.9 Å². The quantitative estimate of drug-likeness (QED) is 0.813. The van der Waals surface area contributed by atoms with Crippen LogP contribution in [0.3, 0.4) is 0 Å². The number of esters is 1. The molecule has 0 N–H and O–H groups in total. The molecule has 0 aromatic heterocycles. The molecule has 0 aliphatic carbocycles. The maximum atomic E-state index is 11.5. The van der Waals surface area contributed by atoms with E-state index in [9.17, 15) is 4.79 Å². The Morgan fingerprint density at radius 2 is 2.00 bits per heavy atom. The van der Waals surface area contributed by atoms with Gasteiger partial charge >= 0.3 is 5.97 Å². The van der Waals surface area contributed by atoms with Gasteiger partial charge in [0, 0.05) is 17.4 Å². The Morgan fingerprint density at radius 1 is 1.23 bits per heavy atom. The van der Waals surface area contributed by atoms with Crippen LogP contribution in [0.2, 0.25) is 0 Å². The minimum Gasteiger partial charge on any atom is -0.496 e. The summed E-state index contributed by atoms with van der Waals surface area (Å²) in [5.74, 6) is 2.00. The number of carbonyl (C=O) groups excluding carboxylic acids is 1. The smallest absolute Gasteiger partial charge is 0.309 e. The van der Waals surface area contributed by atoms with Crippen molar-refractivity contribution in [1.29, 1.82) is 0 Å². The molecular weight excluding hydrogens is 284 g/mol. The van der Waals surface area contributed by atoms with Crippen LogP contribution in [0.15, 0.2) is 24.3 Å². The fraction of sp³-hybridized carbons (Fsp3) is 0.353. The van der Waals surface area contributed by atoms with Crippen LogP contribution in [-0.4, -0.2) is 33.4 Å². The minimum absolute atomic E-state index is 0.205. The summed E-state index contributed by atoms with van der Waals surface area (Å²) in [5, 5.41) is 1.81. The lowest BCUT2D eigenvalue weighted by atomic mass is 10.0. The van der Waals surface area contributed by atoms with Gasteiger partial charge in [0.05, 0.1) is 33.1 Å². The van der Waals surface area contributed by atoms with Gasteiger partial charge in [-0.25, -0.2) is 0 Å². The molecular formula is C17H18O5. The van der Waals surface area contributed by atoms with E-state index >= 15 is 0 Å². The molecule has 0 amide bonds. The SMILES string of the molecule is COC(=O)CC1Cc2cc(OC)c3c(OC)cccc3c2O1. The molecule has 2 aromatic rings. The Hall–Kier alpha value is -2.43. The van der Waals surface area contributed by atoms with Gasteiger partial charge in [-0.05, 0) is 12.1 Å². The fourth-order valence-corrected chi connectivity index (χ4v) is 2.90. The van der Waals surface area contributed by atoms with Crippen molar-refractivity contribution in [2.45, 2.75) is 18.9 Å². The third-order valence-electron chi connectivity index (χ3n) is 3.91. The molecule has 3 rings (SSSR count). The van der Waals surface area contributed by atoms with Crippen molar-refractivity contribution in [3.63, 3.8) is 0 Å². The van der Waals surface area contributed by atoms with E-state index in [2.05, 4.69) is 0 Å². The van der Waals surface area contributed by atoms with E-state index in [-0.39, 0.29) is 18.5 Å². The molecule has 116 valence electrons. The molecule has 2 aromatic carbocycles. The van der Waals surface area contributed by atoms with Crippen molar-refractivity contribution in [2.24, 2.45) is 0 Å². The predicted molar refractivity (Wildman–Crippen MR) is 81.8 cm³/mol. The van der Waals surface area contributed by atoms with Crippen molar-refractivity contribution in [3.8, 4) is 17.2 Å². The van der Waals surface area contributed by atoms with Crippen molar-refractivity contribution in [2.75, 3.05) is 21.3 Å². The first kappa shape index (κ1) is 14.5. The van der Waals surface area contributed by atoms with Crippen molar-refractivity contribution in [1.82, 2.24) is 0 Å². The number of hydrogen-bond donors (Lipinski definition) is 0. The molecule has 1 aliphatic rings. The number of benzene rings is 2. The molecule has 1 heterocycles. The highest BCUT2D eigenvalue weighted by Crippen LogP contribution is 2.45. The van der Waals surface area contributed by atoms with E-state index in [1.807, 2.05) is 24.3 Å². The Kier molecular flexibility index (Phi) is 3.79. The Morgan fingerprint density at radius 3 is 2.68 bits per heavy atom. The first-order chi connectivity index (χ1) is 10.7.